The maximum Gasteiger partial charge on any atom is 0.328 e. The van der Waals surface area contributed by atoms with E-state index >= 15 is 0 Å². The van der Waals surface area contributed by atoms with Gasteiger partial charge in [0.25, 0.3) is 0 Å². The monoisotopic (exact) mass is 229 g/mol. The average molecular weight is 229 g/mol. The lowest BCUT2D eigenvalue weighted by molar-refractivity contribution is -0.154. The van der Waals surface area contributed by atoms with Crippen molar-refractivity contribution in [3.05, 3.63) is 0 Å². The number of amides is 2. The summed E-state index contributed by atoms with van der Waals surface area (Å²) in [7, 11) is 3.41. The summed E-state index contributed by atoms with van der Waals surface area (Å²) in [5, 5.41) is 11.3. The smallest absolute Gasteiger partial charge is 0.328 e. The largest absolute Gasteiger partial charge is 0.480 e. The molecule has 0 spiro atoms. The quantitative estimate of drug-likeness (QED) is 0.582. The Morgan fingerprint density at radius 2 is 2.19 bits per heavy atom. The van der Waals surface area contributed by atoms with Crippen LogP contribution in [0.4, 0.5) is 0 Å². The fourth-order valence-electron chi connectivity index (χ4n) is 1.49. The third-order valence-corrected chi connectivity index (χ3v) is 2.24. The molecule has 1 fully saturated rings. The second kappa shape index (κ2) is 4.93. The number of rotatable bonds is 3. The van der Waals surface area contributed by atoms with Crippen LogP contribution in [0.2, 0.25) is 0 Å². The van der Waals surface area contributed by atoms with Crippen LogP contribution in [0, 0.1) is 0 Å². The highest BCUT2D eigenvalue weighted by Gasteiger charge is 2.34. The molecule has 2 amide bonds. The zero-order valence-electron chi connectivity index (χ0n) is 9.27. The number of hydrogen-bond donors (Lipinski definition) is 2. The normalized spacial score (nSPS) is 20.8. The molecule has 2 N–H and O–H groups in total. The number of carboxylic acids is 1. The van der Waals surface area contributed by atoms with E-state index in [4.69, 9.17) is 5.11 Å². The van der Waals surface area contributed by atoms with Crippen LogP contribution in [0.3, 0.4) is 0 Å². The highest BCUT2D eigenvalue weighted by Crippen LogP contribution is 2.05. The Balaban J connectivity index is 2.74. The molecule has 1 aliphatic rings. The Morgan fingerprint density at radius 3 is 2.69 bits per heavy atom. The van der Waals surface area contributed by atoms with E-state index in [0.717, 1.165) is 4.90 Å². The standard InChI is InChI=1S/C9H15N3O4/c1-11(2)5-8(14)12-4-7(13)10-3-6(12)9(15)16/h6H,3-5H2,1-2H3,(H,10,13)(H,15,16). The van der Waals surface area contributed by atoms with Crippen molar-refractivity contribution in [2.75, 3.05) is 33.7 Å². The van der Waals surface area contributed by atoms with Crippen molar-refractivity contribution in [1.29, 1.82) is 0 Å². The molecule has 7 heteroatoms. The minimum atomic E-state index is -1.10. The molecular weight excluding hydrogens is 214 g/mol. The van der Waals surface area contributed by atoms with Gasteiger partial charge in [0, 0.05) is 6.54 Å². The summed E-state index contributed by atoms with van der Waals surface area (Å²) in [6.45, 7) is -0.131. The van der Waals surface area contributed by atoms with Gasteiger partial charge in [0.05, 0.1) is 6.54 Å². The van der Waals surface area contributed by atoms with Gasteiger partial charge in [-0.25, -0.2) is 4.79 Å². The first-order valence-electron chi connectivity index (χ1n) is 4.85. The summed E-state index contributed by atoms with van der Waals surface area (Å²) >= 11 is 0. The maximum absolute atomic E-state index is 11.7. The predicted octanol–water partition coefficient (Wildman–Crippen LogP) is -2.04. The predicted molar refractivity (Wildman–Crippen MR) is 54.7 cm³/mol. The van der Waals surface area contributed by atoms with Crippen LogP contribution in [-0.4, -0.2) is 72.5 Å². The Bertz CT molecular complexity index is 316. The van der Waals surface area contributed by atoms with Gasteiger partial charge in [-0.3, -0.25) is 9.59 Å². The third kappa shape index (κ3) is 2.93. The van der Waals surface area contributed by atoms with Crippen LogP contribution in [0.1, 0.15) is 0 Å². The van der Waals surface area contributed by atoms with E-state index in [0.29, 0.717) is 0 Å². The van der Waals surface area contributed by atoms with Crippen molar-refractivity contribution < 1.29 is 19.5 Å². The van der Waals surface area contributed by atoms with Crippen LogP contribution in [0.5, 0.6) is 0 Å². The van der Waals surface area contributed by atoms with Gasteiger partial charge in [-0.15, -0.1) is 0 Å². The van der Waals surface area contributed by atoms with Gasteiger partial charge < -0.3 is 20.2 Å². The number of carbonyl (C=O) groups is 3. The Kier molecular flexibility index (Phi) is 3.83. The van der Waals surface area contributed by atoms with E-state index in [1.807, 2.05) is 0 Å². The Morgan fingerprint density at radius 1 is 1.56 bits per heavy atom. The van der Waals surface area contributed by atoms with E-state index in [-0.39, 0.29) is 31.4 Å². The number of carboxylic acid groups (broad SMARTS) is 1. The van der Waals surface area contributed by atoms with E-state index in [1.165, 1.54) is 0 Å². The molecule has 7 nitrogen and oxygen atoms in total. The maximum atomic E-state index is 11.7. The van der Waals surface area contributed by atoms with Crippen LogP contribution in [0.15, 0.2) is 0 Å². The van der Waals surface area contributed by atoms with Crippen molar-refractivity contribution >= 4 is 17.8 Å². The molecule has 0 saturated carbocycles. The molecule has 16 heavy (non-hydrogen) atoms. The van der Waals surface area contributed by atoms with Crippen LogP contribution in [0.25, 0.3) is 0 Å². The van der Waals surface area contributed by atoms with Gasteiger partial charge in [-0.1, -0.05) is 0 Å². The average Bonchev–Trinajstić information content (AvgIpc) is 2.15. The lowest BCUT2D eigenvalue weighted by Gasteiger charge is -2.33. The molecule has 0 aromatic carbocycles. The van der Waals surface area contributed by atoms with Gasteiger partial charge in [-0.2, -0.15) is 0 Å². The van der Waals surface area contributed by atoms with Gasteiger partial charge in [0.15, 0.2) is 0 Å². The topological polar surface area (TPSA) is 90.0 Å². The fraction of sp³-hybridized carbons (Fsp3) is 0.667. The highest BCUT2D eigenvalue weighted by molar-refractivity contribution is 5.91. The summed E-state index contributed by atoms with van der Waals surface area (Å²) in [6, 6.07) is -0.967. The van der Waals surface area contributed by atoms with Crippen LogP contribution < -0.4 is 5.32 Å². The SMILES string of the molecule is CN(C)CC(=O)N1CC(=O)NCC1C(=O)O. The van der Waals surface area contributed by atoms with E-state index in [9.17, 15) is 14.4 Å². The van der Waals surface area contributed by atoms with Crippen LogP contribution >= 0.6 is 0 Å². The number of aliphatic carboxylic acids is 1. The summed E-state index contributed by atoms with van der Waals surface area (Å²) in [5.74, 6) is -1.79. The van der Waals surface area contributed by atoms with Crippen molar-refractivity contribution in [3.63, 3.8) is 0 Å². The Labute approximate surface area is 93.0 Å². The van der Waals surface area contributed by atoms with E-state index in [2.05, 4.69) is 5.32 Å². The zero-order chi connectivity index (χ0) is 12.3. The molecule has 0 aliphatic carbocycles. The fourth-order valence-corrected chi connectivity index (χ4v) is 1.49. The lowest BCUT2D eigenvalue weighted by atomic mass is 10.2. The molecule has 1 rings (SSSR count). The first-order chi connectivity index (χ1) is 7.41. The zero-order valence-corrected chi connectivity index (χ0v) is 9.27. The summed E-state index contributed by atoms with van der Waals surface area (Å²) in [5.41, 5.74) is 0. The second-order valence-electron chi connectivity index (χ2n) is 3.92. The molecule has 1 unspecified atom stereocenters. The van der Waals surface area contributed by atoms with Crippen LogP contribution in [-0.2, 0) is 14.4 Å². The highest BCUT2D eigenvalue weighted by atomic mass is 16.4. The van der Waals surface area contributed by atoms with Gasteiger partial charge in [0.2, 0.25) is 11.8 Å². The molecule has 0 aromatic heterocycles. The molecular formula is C9H15N3O4. The second-order valence-corrected chi connectivity index (χ2v) is 3.92. The molecule has 0 radical (unpaired) electrons. The van der Waals surface area contributed by atoms with Crippen molar-refractivity contribution in [2.45, 2.75) is 6.04 Å². The molecule has 0 aromatic rings. The summed E-state index contributed by atoms with van der Waals surface area (Å²) in [4.78, 5) is 36.5. The minimum absolute atomic E-state index is 0.0344. The van der Waals surface area contributed by atoms with E-state index in [1.54, 1.807) is 19.0 Å². The molecule has 1 aliphatic heterocycles. The molecule has 90 valence electrons. The van der Waals surface area contributed by atoms with Crippen molar-refractivity contribution in [3.8, 4) is 0 Å². The first kappa shape index (κ1) is 12.4. The van der Waals surface area contributed by atoms with Gasteiger partial charge >= 0.3 is 5.97 Å². The summed E-state index contributed by atoms with van der Waals surface area (Å²) < 4.78 is 0. The van der Waals surface area contributed by atoms with Gasteiger partial charge in [-0.05, 0) is 14.1 Å². The Hall–Kier alpha value is -1.63. The lowest BCUT2D eigenvalue weighted by Crippen LogP contribution is -2.60. The third-order valence-electron chi connectivity index (χ3n) is 2.24. The number of likely N-dealkylation sites (N-methyl/N-ethyl adjacent to an activating group) is 1. The van der Waals surface area contributed by atoms with Crippen molar-refractivity contribution in [2.24, 2.45) is 0 Å². The van der Waals surface area contributed by atoms with Crippen molar-refractivity contribution in [1.82, 2.24) is 15.1 Å². The molecule has 0 bridgehead atoms. The summed E-state index contributed by atoms with van der Waals surface area (Å²) in [6.07, 6.45) is 0. The number of nitrogens with one attached hydrogen (secondary N) is 1. The molecule has 1 atom stereocenters. The number of carbonyl (C=O) groups excluding carboxylic acids is 2. The molecule has 1 heterocycles. The van der Waals surface area contributed by atoms with Gasteiger partial charge in [0.1, 0.15) is 12.6 Å². The molecule has 1 saturated heterocycles. The number of nitrogens with zero attached hydrogens (tertiary/aromatic N) is 2. The number of hydrogen-bond acceptors (Lipinski definition) is 4. The number of piperazine rings is 1. The minimum Gasteiger partial charge on any atom is -0.480 e. The van der Waals surface area contributed by atoms with E-state index < -0.39 is 12.0 Å². The first-order valence-corrected chi connectivity index (χ1v) is 4.85.